The smallest absolute Gasteiger partial charge is 0.230 e. The number of ether oxygens (including phenoxy) is 1. The van der Waals surface area contributed by atoms with Crippen LogP contribution in [0, 0.1) is 13.8 Å². The quantitative estimate of drug-likeness (QED) is 0.728. The highest BCUT2D eigenvalue weighted by atomic mass is 32.1. The Morgan fingerprint density at radius 1 is 1.30 bits per heavy atom. The van der Waals surface area contributed by atoms with Gasteiger partial charge in [-0.2, -0.15) is 0 Å². The number of furan rings is 1. The van der Waals surface area contributed by atoms with Gasteiger partial charge in [0, 0.05) is 36.0 Å². The largest absolute Gasteiger partial charge is 0.464 e. The number of anilines is 1. The maximum absolute atomic E-state index is 12.5. The molecule has 3 aromatic rings. The second-order valence-corrected chi connectivity index (χ2v) is 7.76. The average Bonchev–Trinajstić information content (AvgIpc) is 3.26. The number of thiazole rings is 1. The molecule has 2 aromatic heterocycles. The Balaban J connectivity index is 1.39. The van der Waals surface area contributed by atoms with Crippen molar-refractivity contribution < 1.29 is 13.9 Å². The van der Waals surface area contributed by atoms with Crippen LogP contribution in [0.1, 0.15) is 22.4 Å². The van der Waals surface area contributed by atoms with E-state index in [1.165, 1.54) is 16.9 Å². The predicted molar refractivity (Wildman–Crippen MR) is 106 cm³/mol. The van der Waals surface area contributed by atoms with Gasteiger partial charge in [-0.3, -0.25) is 9.69 Å². The first-order valence-electron chi connectivity index (χ1n) is 9.11. The fraction of sp³-hybridized carbons (Fsp3) is 0.400. The number of rotatable bonds is 5. The third-order valence-electron chi connectivity index (χ3n) is 4.98. The zero-order chi connectivity index (χ0) is 18.8. The summed E-state index contributed by atoms with van der Waals surface area (Å²) in [5.74, 6) is -0.0804. The van der Waals surface area contributed by atoms with Crippen LogP contribution in [-0.2, 0) is 22.5 Å². The van der Waals surface area contributed by atoms with E-state index >= 15 is 0 Å². The monoisotopic (exact) mass is 385 g/mol. The van der Waals surface area contributed by atoms with E-state index in [0.29, 0.717) is 5.13 Å². The number of morpholine rings is 1. The zero-order valence-electron chi connectivity index (χ0n) is 15.6. The molecule has 1 fully saturated rings. The van der Waals surface area contributed by atoms with Gasteiger partial charge in [0.25, 0.3) is 0 Å². The Morgan fingerprint density at radius 3 is 2.93 bits per heavy atom. The molecule has 4 rings (SSSR count). The van der Waals surface area contributed by atoms with Crippen molar-refractivity contribution in [2.24, 2.45) is 0 Å². The van der Waals surface area contributed by atoms with E-state index < -0.39 is 0 Å². The molecule has 6 nitrogen and oxygen atoms in total. The molecule has 142 valence electrons. The van der Waals surface area contributed by atoms with Crippen molar-refractivity contribution in [3.05, 3.63) is 46.2 Å². The molecule has 0 radical (unpaired) electrons. The third-order valence-corrected chi connectivity index (χ3v) is 5.79. The minimum Gasteiger partial charge on any atom is -0.464 e. The van der Waals surface area contributed by atoms with E-state index in [0.717, 1.165) is 60.6 Å². The van der Waals surface area contributed by atoms with Crippen LogP contribution in [-0.4, -0.2) is 42.1 Å². The van der Waals surface area contributed by atoms with E-state index in [4.69, 9.17) is 9.15 Å². The van der Waals surface area contributed by atoms with Gasteiger partial charge in [0.15, 0.2) is 5.13 Å². The van der Waals surface area contributed by atoms with Crippen LogP contribution < -0.4 is 5.32 Å². The number of carbonyl (C=O) groups excluding carboxylic acids is 1. The molecule has 0 bridgehead atoms. The van der Waals surface area contributed by atoms with E-state index in [-0.39, 0.29) is 12.3 Å². The fourth-order valence-electron chi connectivity index (χ4n) is 3.29. The fourth-order valence-corrected chi connectivity index (χ4v) is 4.00. The molecule has 7 heteroatoms. The molecule has 1 aromatic carbocycles. The maximum atomic E-state index is 12.5. The summed E-state index contributed by atoms with van der Waals surface area (Å²) in [5, 5.41) is 6.56. The average molecular weight is 385 g/mol. The van der Waals surface area contributed by atoms with E-state index in [9.17, 15) is 4.79 Å². The van der Waals surface area contributed by atoms with Crippen molar-refractivity contribution in [3.8, 4) is 0 Å². The summed E-state index contributed by atoms with van der Waals surface area (Å²) >= 11 is 1.46. The van der Waals surface area contributed by atoms with Crippen LogP contribution in [0.3, 0.4) is 0 Å². The lowest BCUT2D eigenvalue weighted by Gasteiger charge is -2.25. The number of hydrogen-bond donors (Lipinski definition) is 1. The first kappa shape index (κ1) is 18.2. The van der Waals surface area contributed by atoms with Crippen LogP contribution in [0.4, 0.5) is 5.13 Å². The number of fused-ring (bicyclic) bond motifs is 1. The number of hydrogen-bond acceptors (Lipinski definition) is 6. The van der Waals surface area contributed by atoms with Crippen molar-refractivity contribution in [1.82, 2.24) is 9.88 Å². The highest BCUT2D eigenvalue weighted by Gasteiger charge is 2.15. The number of nitrogens with one attached hydrogen (secondary N) is 1. The third kappa shape index (κ3) is 4.05. The topological polar surface area (TPSA) is 67.6 Å². The number of amides is 1. The highest BCUT2D eigenvalue weighted by molar-refractivity contribution is 7.13. The molecule has 27 heavy (non-hydrogen) atoms. The van der Waals surface area contributed by atoms with Gasteiger partial charge in [0.05, 0.1) is 31.6 Å². The lowest BCUT2D eigenvalue weighted by molar-refractivity contribution is -0.115. The summed E-state index contributed by atoms with van der Waals surface area (Å²) in [7, 11) is 0. The van der Waals surface area contributed by atoms with Gasteiger partial charge in [0.1, 0.15) is 5.58 Å². The Morgan fingerprint density at radius 2 is 2.11 bits per heavy atom. The summed E-state index contributed by atoms with van der Waals surface area (Å²) in [5.41, 5.74) is 5.04. The lowest BCUT2D eigenvalue weighted by Crippen LogP contribution is -2.35. The minimum atomic E-state index is -0.0804. The molecule has 1 N–H and O–H groups in total. The molecule has 1 aliphatic rings. The minimum absolute atomic E-state index is 0.0804. The lowest BCUT2D eigenvalue weighted by atomic mass is 10.0. The van der Waals surface area contributed by atoms with E-state index in [2.05, 4.69) is 28.2 Å². The highest BCUT2D eigenvalue weighted by Crippen LogP contribution is 2.27. The molecule has 1 aliphatic heterocycles. The van der Waals surface area contributed by atoms with E-state index in [1.807, 2.05) is 18.4 Å². The summed E-state index contributed by atoms with van der Waals surface area (Å²) < 4.78 is 11.1. The van der Waals surface area contributed by atoms with Crippen LogP contribution in [0.2, 0.25) is 0 Å². The Bertz CT molecular complexity index is 957. The number of nitrogens with zero attached hydrogens (tertiary/aromatic N) is 2. The molecular weight excluding hydrogens is 362 g/mol. The Kier molecular flexibility index (Phi) is 5.24. The number of carbonyl (C=O) groups is 1. The van der Waals surface area contributed by atoms with Crippen molar-refractivity contribution in [2.75, 3.05) is 31.6 Å². The SMILES string of the molecule is Cc1ccc2c(CC(=O)Nc3nc(CN4CCOCC4)cs3)coc2c1C. The van der Waals surface area contributed by atoms with Crippen molar-refractivity contribution in [2.45, 2.75) is 26.8 Å². The molecule has 0 unspecified atom stereocenters. The zero-order valence-corrected chi connectivity index (χ0v) is 16.4. The summed E-state index contributed by atoms with van der Waals surface area (Å²) in [6.45, 7) is 8.27. The second-order valence-electron chi connectivity index (χ2n) is 6.90. The predicted octanol–water partition coefficient (Wildman–Crippen LogP) is 3.52. The van der Waals surface area contributed by atoms with E-state index in [1.54, 1.807) is 6.26 Å². The van der Waals surface area contributed by atoms with Gasteiger partial charge in [-0.05, 0) is 25.0 Å². The molecular formula is C20H23N3O3S. The molecule has 3 heterocycles. The number of benzene rings is 1. The first-order valence-corrected chi connectivity index (χ1v) is 9.99. The van der Waals surface area contributed by atoms with Crippen molar-refractivity contribution in [3.63, 3.8) is 0 Å². The normalized spacial score (nSPS) is 15.3. The first-order chi connectivity index (χ1) is 13.1. The van der Waals surface area contributed by atoms with Gasteiger partial charge in [-0.15, -0.1) is 11.3 Å². The summed E-state index contributed by atoms with van der Waals surface area (Å²) in [6, 6.07) is 4.08. The van der Waals surface area contributed by atoms with Crippen LogP contribution in [0.25, 0.3) is 11.0 Å². The summed E-state index contributed by atoms with van der Waals surface area (Å²) in [6.07, 6.45) is 1.95. The molecule has 0 atom stereocenters. The van der Waals surface area contributed by atoms with Gasteiger partial charge in [0.2, 0.25) is 5.91 Å². The van der Waals surface area contributed by atoms with Gasteiger partial charge in [-0.25, -0.2) is 4.98 Å². The Hall–Kier alpha value is -2.22. The number of aromatic nitrogens is 1. The second kappa shape index (κ2) is 7.80. The summed E-state index contributed by atoms with van der Waals surface area (Å²) in [4.78, 5) is 19.3. The van der Waals surface area contributed by atoms with Gasteiger partial charge >= 0.3 is 0 Å². The van der Waals surface area contributed by atoms with Crippen LogP contribution >= 0.6 is 11.3 Å². The standard InChI is InChI=1S/C20H23N3O3S/c1-13-3-4-17-15(11-26-19(17)14(13)2)9-18(24)22-20-21-16(12-27-20)10-23-5-7-25-8-6-23/h3-4,11-12H,5-10H2,1-2H3,(H,21,22,24). The number of aryl methyl sites for hydroxylation is 2. The molecule has 1 saturated heterocycles. The van der Waals surface area contributed by atoms with Gasteiger partial charge in [-0.1, -0.05) is 12.1 Å². The molecule has 0 aliphatic carbocycles. The van der Waals surface area contributed by atoms with Crippen LogP contribution in [0.5, 0.6) is 0 Å². The van der Waals surface area contributed by atoms with Crippen LogP contribution in [0.15, 0.2) is 28.2 Å². The molecule has 0 saturated carbocycles. The Labute approximate surface area is 162 Å². The molecule has 0 spiro atoms. The van der Waals surface area contributed by atoms with Crippen molar-refractivity contribution >= 4 is 33.3 Å². The van der Waals surface area contributed by atoms with Crippen molar-refractivity contribution in [1.29, 1.82) is 0 Å². The van der Waals surface area contributed by atoms with Gasteiger partial charge < -0.3 is 14.5 Å². The maximum Gasteiger partial charge on any atom is 0.230 e. The molecule has 1 amide bonds.